The van der Waals surface area contributed by atoms with Crippen molar-refractivity contribution in [1.82, 2.24) is 9.78 Å². The van der Waals surface area contributed by atoms with Gasteiger partial charge in [0, 0.05) is 12.7 Å². The summed E-state index contributed by atoms with van der Waals surface area (Å²) in [5, 5.41) is 4.45. The van der Waals surface area contributed by atoms with Gasteiger partial charge in [-0.25, -0.2) is 4.68 Å². The molecule has 0 saturated heterocycles. The van der Waals surface area contributed by atoms with E-state index in [2.05, 4.69) is 47.0 Å². The maximum atomic E-state index is 5.60. The van der Waals surface area contributed by atoms with E-state index in [1.165, 1.54) is 11.1 Å². The lowest BCUT2D eigenvalue weighted by atomic mass is 10.1. The molecule has 2 aromatic rings. The Labute approximate surface area is 103 Å². The Balaban J connectivity index is 2.54. The van der Waals surface area contributed by atoms with Crippen molar-refractivity contribution in [3.8, 4) is 5.69 Å². The second-order valence-corrected chi connectivity index (χ2v) is 4.65. The summed E-state index contributed by atoms with van der Waals surface area (Å²) in [5.74, 6) is 0. The molecule has 2 rings (SSSR count). The van der Waals surface area contributed by atoms with Gasteiger partial charge in [-0.1, -0.05) is 12.1 Å². The molecule has 3 nitrogen and oxygen atoms in total. The third kappa shape index (κ3) is 1.90. The van der Waals surface area contributed by atoms with Crippen molar-refractivity contribution in [3.63, 3.8) is 0 Å². The molecule has 16 heavy (non-hydrogen) atoms. The van der Waals surface area contributed by atoms with Crippen molar-refractivity contribution in [1.29, 1.82) is 0 Å². The Morgan fingerprint density at radius 2 is 2.12 bits per heavy atom. The van der Waals surface area contributed by atoms with Crippen LogP contribution in [-0.2, 0) is 6.54 Å². The average Bonchev–Trinajstić information content (AvgIpc) is 2.63. The fraction of sp³-hybridized carbons (Fsp3) is 0.250. The number of aryl methyl sites for hydroxylation is 1. The molecule has 0 spiro atoms. The van der Waals surface area contributed by atoms with Gasteiger partial charge in [0.2, 0.25) is 0 Å². The third-order valence-corrected chi connectivity index (χ3v) is 3.42. The maximum Gasteiger partial charge on any atom is 0.0906 e. The van der Waals surface area contributed by atoms with Crippen LogP contribution in [0.3, 0.4) is 0 Å². The van der Waals surface area contributed by atoms with Crippen LogP contribution in [0.15, 0.2) is 28.9 Å². The number of nitrogens with two attached hydrogens (primary N) is 1. The van der Waals surface area contributed by atoms with Crippen molar-refractivity contribution in [2.24, 2.45) is 5.73 Å². The lowest BCUT2D eigenvalue weighted by Crippen LogP contribution is -2.02. The van der Waals surface area contributed by atoms with Gasteiger partial charge in [-0.05, 0) is 47.0 Å². The summed E-state index contributed by atoms with van der Waals surface area (Å²) in [6.45, 7) is 4.64. The lowest BCUT2D eigenvalue weighted by Gasteiger charge is -2.07. The Morgan fingerprint density at radius 3 is 2.75 bits per heavy atom. The van der Waals surface area contributed by atoms with Gasteiger partial charge < -0.3 is 5.73 Å². The van der Waals surface area contributed by atoms with Crippen LogP contribution in [-0.4, -0.2) is 9.78 Å². The molecular weight excluding hydrogens is 266 g/mol. The molecule has 1 heterocycles. The van der Waals surface area contributed by atoms with E-state index in [4.69, 9.17) is 5.73 Å². The normalized spacial score (nSPS) is 10.8. The number of nitrogens with zero attached hydrogens (tertiary/aromatic N) is 2. The van der Waals surface area contributed by atoms with Crippen molar-refractivity contribution in [3.05, 3.63) is 45.7 Å². The summed E-state index contributed by atoms with van der Waals surface area (Å²) >= 11 is 3.45. The summed E-state index contributed by atoms with van der Waals surface area (Å²) in [6.07, 6.45) is 1.95. The monoisotopic (exact) mass is 279 g/mol. The van der Waals surface area contributed by atoms with Crippen LogP contribution in [0.4, 0.5) is 0 Å². The lowest BCUT2D eigenvalue weighted by molar-refractivity contribution is 0.827. The van der Waals surface area contributed by atoms with E-state index in [-0.39, 0.29) is 0 Å². The van der Waals surface area contributed by atoms with E-state index < -0.39 is 0 Å². The molecule has 84 valence electrons. The first kappa shape index (κ1) is 11.4. The van der Waals surface area contributed by atoms with Crippen LogP contribution in [0.5, 0.6) is 0 Å². The van der Waals surface area contributed by atoms with Gasteiger partial charge >= 0.3 is 0 Å². The molecule has 0 aliphatic rings. The van der Waals surface area contributed by atoms with Gasteiger partial charge in [0.05, 0.1) is 15.9 Å². The van der Waals surface area contributed by atoms with E-state index in [0.717, 1.165) is 15.9 Å². The maximum absolute atomic E-state index is 5.60. The van der Waals surface area contributed by atoms with Gasteiger partial charge in [0.15, 0.2) is 0 Å². The first-order valence-corrected chi connectivity index (χ1v) is 5.93. The number of rotatable bonds is 2. The second-order valence-electron chi connectivity index (χ2n) is 3.79. The van der Waals surface area contributed by atoms with Crippen molar-refractivity contribution >= 4 is 15.9 Å². The van der Waals surface area contributed by atoms with Gasteiger partial charge in [-0.2, -0.15) is 5.10 Å². The first-order valence-electron chi connectivity index (χ1n) is 5.14. The van der Waals surface area contributed by atoms with Crippen molar-refractivity contribution in [2.75, 3.05) is 0 Å². The largest absolute Gasteiger partial charge is 0.325 e. The van der Waals surface area contributed by atoms with Crippen molar-refractivity contribution in [2.45, 2.75) is 20.4 Å². The summed E-state index contributed by atoms with van der Waals surface area (Å²) in [6, 6.07) is 6.19. The fourth-order valence-corrected chi connectivity index (χ4v) is 2.07. The summed E-state index contributed by atoms with van der Waals surface area (Å²) < 4.78 is 2.82. The van der Waals surface area contributed by atoms with Gasteiger partial charge in [0.25, 0.3) is 0 Å². The zero-order valence-electron chi connectivity index (χ0n) is 9.37. The fourth-order valence-electron chi connectivity index (χ4n) is 1.63. The van der Waals surface area contributed by atoms with Gasteiger partial charge in [-0.15, -0.1) is 0 Å². The zero-order valence-corrected chi connectivity index (χ0v) is 11.0. The predicted molar refractivity (Wildman–Crippen MR) is 68.6 cm³/mol. The summed E-state index contributed by atoms with van der Waals surface area (Å²) in [5.41, 5.74) is 10.1. The highest BCUT2D eigenvalue weighted by Crippen LogP contribution is 2.21. The second kappa shape index (κ2) is 4.39. The average molecular weight is 280 g/mol. The number of benzene rings is 1. The molecule has 0 aliphatic heterocycles. The summed E-state index contributed by atoms with van der Waals surface area (Å²) in [4.78, 5) is 0. The summed E-state index contributed by atoms with van der Waals surface area (Å²) in [7, 11) is 0. The topological polar surface area (TPSA) is 43.8 Å². The highest BCUT2D eigenvalue weighted by atomic mass is 79.9. The highest BCUT2D eigenvalue weighted by molar-refractivity contribution is 9.10. The molecule has 0 bridgehead atoms. The first-order chi connectivity index (χ1) is 7.63. The Hall–Kier alpha value is -1.13. The van der Waals surface area contributed by atoms with E-state index in [9.17, 15) is 0 Å². The van der Waals surface area contributed by atoms with Crippen LogP contribution >= 0.6 is 15.9 Å². The molecule has 0 fully saturated rings. The third-order valence-electron chi connectivity index (χ3n) is 2.76. The van der Waals surface area contributed by atoms with Crippen LogP contribution < -0.4 is 5.73 Å². The molecule has 2 N–H and O–H groups in total. The van der Waals surface area contributed by atoms with E-state index in [0.29, 0.717) is 6.54 Å². The SMILES string of the molecule is Cc1cccc(-n2cc(Br)c(CN)n2)c1C. The quantitative estimate of drug-likeness (QED) is 0.919. The Morgan fingerprint density at radius 1 is 1.38 bits per heavy atom. The van der Waals surface area contributed by atoms with Crippen LogP contribution in [0.1, 0.15) is 16.8 Å². The van der Waals surface area contributed by atoms with Gasteiger partial charge in [0.1, 0.15) is 0 Å². The van der Waals surface area contributed by atoms with E-state index >= 15 is 0 Å². The number of halogens is 1. The standard InChI is InChI=1S/C12H14BrN3/c1-8-4-3-5-12(9(8)2)16-7-10(13)11(6-14)15-16/h3-5,7H,6,14H2,1-2H3. The van der Waals surface area contributed by atoms with Crippen LogP contribution in [0.25, 0.3) is 5.69 Å². The molecule has 0 amide bonds. The number of aromatic nitrogens is 2. The molecule has 0 atom stereocenters. The number of hydrogen-bond acceptors (Lipinski definition) is 2. The molecule has 0 saturated carbocycles. The minimum Gasteiger partial charge on any atom is -0.325 e. The molecule has 0 unspecified atom stereocenters. The van der Waals surface area contributed by atoms with E-state index in [1.54, 1.807) is 0 Å². The smallest absolute Gasteiger partial charge is 0.0906 e. The Bertz CT molecular complexity index is 517. The van der Waals surface area contributed by atoms with Crippen LogP contribution in [0, 0.1) is 13.8 Å². The van der Waals surface area contributed by atoms with Crippen LogP contribution in [0.2, 0.25) is 0 Å². The number of hydrogen-bond donors (Lipinski definition) is 1. The Kier molecular flexibility index (Phi) is 3.12. The predicted octanol–water partition coefficient (Wildman–Crippen LogP) is 2.71. The minimum atomic E-state index is 0.443. The highest BCUT2D eigenvalue weighted by Gasteiger charge is 2.08. The minimum absolute atomic E-state index is 0.443. The molecule has 1 aromatic heterocycles. The molecule has 0 radical (unpaired) electrons. The van der Waals surface area contributed by atoms with Crippen molar-refractivity contribution < 1.29 is 0 Å². The van der Waals surface area contributed by atoms with E-state index in [1.807, 2.05) is 16.9 Å². The molecular formula is C12H14BrN3. The molecule has 4 heteroatoms. The molecule has 0 aliphatic carbocycles. The zero-order chi connectivity index (χ0) is 11.7. The van der Waals surface area contributed by atoms with Gasteiger partial charge in [-0.3, -0.25) is 0 Å². The molecule has 1 aromatic carbocycles.